The zero-order chi connectivity index (χ0) is 26.5. The SMILES string of the molecule is CCN1C(=O)C(=CC=Cc2c(C)c(CSOOO)c(O)n(CC)c2=O)C(C)=C(CS(=O)(=O)O)C1=O. The van der Waals surface area contributed by atoms with E-state index in [1.165, 1.54) is 25.2 Å². The highest BCUT2D eigenvalue weighted by molar-refractivity contribution is 7.93. The number of aromatic nitrogens is 1. The number of rotatable bonds is 10. The summed E-state index contributed by atoms with van der Waals surface area (Å²) in [7, 11) is -4.53. The van der Waals surface area contributed by atoms with Crippen molar-refractivity contribution in [2.24, 2.45) is 0 Å². The molecule has 1 aliphatic rings. The Balaban J connectivity index is 2.61. The molecule has 0 spiro atoms. The monoisotopic (exact) mass is 530 g/mol. The maximum Gasteiger partial charge on any atom is 0.269 e. The van der Waals surface area contributed by atoms with Crippen LogP contribution in [0.1, 0.15) is 37.5 Å². The van der Waals surface area contributed by atoms with Gasteiger partial charge in [0.05, 0.1) is 5.75 Å². The second kappa shape index (κ2) is 11.8. The fourth-order valence-corrected chi connectivity index (χ4v) is 4.88. The summed E-state index contributed by atoms with van der Waals surface area (Å²) in [5, 5.41) is 22.3. The van der Waals surface area contributed by atoms with Crippen LogP contribution in [0.2, 0.25) is 0 Å². The van der Waals surface area contributed by atoms with Crippen molar-refractivity contribution in [1.29, 1.82) is 0 Å². The van der Waals surface area contributed by atoms with Gasteiger partial charge in [0, 0.05) is 47.4 Å². The van der Waals surface area contributed by atoms with Gasteiger partial charge < -0.3 is 5.11 Å². The van der Waals surface area contributed by atoms with Gasteiger partial charge in [0.15, 0.2) is 5.88 Å². The van der Waals surface area contributed by atoms with Crippen molar-refractivity contribution in [3.8, 4) is 5.88 Å². The minimum Gasteiger partial charge on any atom is -0.494 e. The van der Waals surface area contributed by atoms with Crippen molar-refractivity contribution in [2.45, 2.75) is 40.0 Å². The number of hydrogen-bond donors (Lipinski definition) is 3. The molecule has 1 aromatic rings. The van der Waals surface area contributed by atoms with Crippen LogP contribution in [0.3, 0.4) is 0 Å². The zero-order valence-corrected chi connectivity index (χ0v) is 21.1. The minimum atomic E-state index is -4.53. The van der Waals surface area contributed by atoms with Crippen LogP contribution in [0.15, 0.2) is 33.7 Å². The molecule has 0 atom stereocenters. The van der Waals surface area contributed by atoms with E-state index < -0.39 is 33.2 Å². The van der Waals surface area contributed by atoms with Crippen LogP contribution in [-0.2, 0) is 41.4 Å². The van der Waals surface area contributed by atoms with E-state index in [1.807, 2.05) is 0 Å². The van der Waals surface area contributed by atoms with Crippen molar-refractivity contribution in [3.05, 3.63) is 55.9 Å². The van der Waals surface area contributed by atoms with Gasteiger partial charge in [-0.15, -0.1) is 4.33 Å². The molecule has 0 aliphatic carbocycles. The van der Waals surface area contributed by atoms with Gasteiger partial charge in [-0.3, -0.25) is 28.4 Å². The largest absolute Gasteiger partial charge is 0.494 e. The Hall–Kier alpha value is -2.75. The van der Waals surface area contributed by atoms with E-state index in [0.29, 0.717) is 23.2 Å². The third-order valence-electron chi connectivity index (χ3n) is 5.46. The van der Waals surface area contributed by atoms with Gasteiger partial charge in [0.25, 0.3) is 27.5 Å². The van der Waals surface area contributed by atoms with Gasteiger partial charge in [-0.25, -0.2) is 5.26 Å². The number of imide groups is 1. The lowest BCUT2D eigenvalue weighted by Gasteiger charge is -2.28. The first-order chi connectivity index (χ1) is 16.4. The van der Waals surface area contributed by atoms with Gasteiger partial charge in [0.2, 0.25) is 0 Å². The zero-order valence-electron chi connectivity index (χ0n) is 19.5. The Morgan fingerprint density at radius 3 is 2.29 bits per heavy atom. The molecule has 2 heterocycles. The molecule has 2 amide bonds. The molecule has 0 aromatic carbocycles. The Kier molecular flexibility index (Phi) is 9.60. The van der Waals surface area contributed by atoms with Crippen LogP contribution in [0.25, 0.3) is 6.08 Å². The first-order valence-corrected chi connectivity index (χ1v) is 12.9. The number of aromatic hydroxyl groups is 1. The van der Waals surface area contributed by atoms with E-state index in [9.17, 15) is 32.5 Å². The van der Waals surface area contributed by atoms with Gasteiger partial charge in [-0.05, 0) is 51.0 Å². The first-order valence-electron chi connectivity index (χ1n) is 10.3. The lowest BCUT2D eigenvalue weighted by molar-refractivity contribution is -0.432. The summed E-state index contributed by atoms with van der Waals surface area (Å²) in [6.07, 6.45) is 4.16. The van der Waals surface area contributed by atoms with E-state index in [2.05, 4.69) is 9.37 Å². The average Bonchev–Trinajstić information content (AvgIpc) is 2.78. The van der Waals surface area contributed by atoms with Gasteiger partial charge >= 0.3 is 0 Å². The molecule has 3 N–H and O–H groups in total. The van der Waals surface area contributed by atoms with Crippen LogP contribution in [-0.4, -0.2) is 56.9 Å². The topological polar surface area (TPSA) is 173 Å². The molecular weight excluding hydrogens is 504 g/mol. The molecule has 1 aliphatic heterocycles. The van der Waals surface area contributed by atoms with Crippen LogP contribution in [0.4, 0.5) is 0 Å². The molecule has 0 unspecified atom stereocenters. The van der Waals surface area contributed by atoms with Crippen molar-refractivity contribution >= 4 is 40.1 Å². The predicted octanol–water partition coefficient (Wildman–Crippen LogP) is 1.98. The summed E-state index contributed by atoms with van der Waals surface area (Å²) in [6.45, 7) is 6.36. The number of pyridine rings is 1. The average molecular weight is 531 g/mol. The van der Waals surface area contributed by atoms with Crippen LogP contribution < -0.4 is 5.56 Å². The molecule has 0 bridgehead atoms. The number of likely N-dealkylation sites (N-methyl/N-ethyl adjacent to an activating group) is 1. The van der Waals surface area contributed by atoms with Crippen molar-refractivity contribution in [2.75, 3.05) is 12.3 Å². The molecule has 0 radical (unpaired) electrons. The number of amides is 2. The van der Waals surface area contributed by atoms with Gasteiger partial charge in [0.1, 0.15) is 5.75 Å². The highest BCUT2D eigenvalue weighted by atomic mass is 32.2. The van der Waals surface area contributed by atoms with E-state index in [0.717, 1.165) is 9.47 Å². The molecule has 35 heavy (non-hydrogen) atoms. The fraction of sp³-hybridized carbons (Fsp3) is 0.381. The molecule has 1 aromatic heterocycles. The summed E-state index contributed by atoms with van der Waals surface area (Å²) >= 11 is 0.682. The summed E-state index contributed by atoms with van der Waals surface area (Å²) < 4.78 is 37.5. The Bertz CT molecular complexity index is 1280. The van der Waals surface area contributed by atoms with Gasteiger partial charge in [-0.1, -0.05) is 11.1 Å². The van der Waals surface area contributed by atoms with Crippen LogP contribution in [0.5, 0.6) is 5.88 Å². The minimum absolute atomic E-state index is 0.0140. The number of nitrogens with zero attached hydrogens (tertiary/aromatic N) is 2. The van der Waals surface area contributed by atoms with E-state index in [4.69, 9.17) is 5.26 Å². The molecular formula is C21H26N2O10S2. The molecule has 12 nitrogen and oxygen atoms in total. The Labute approximate surface area is 206 Å². The summed E-state index contributed by atoms with van der Waals surface area (Å²) in [5.41, 5.74) is 0.368. The molecule has 0 fully saturated rings. The fourth-order valence-electron chi connectivity index (χ4n) is 3.62. The van der Waals surface area contributed by atoms with Crippen LogP contribution >= 0.6 is 12.0 Å². The van der Waals surface area contributed by atoms with E-state index in [-0.39, 0.29) is 47.0 Å². The molecule has 2 rings (SSSR count). The molecule has 14 heteroatoms. The smallest absolute Gasteiger partial charge is 0.269 e. The van der Waals surface area contributed by atoms with E-state index in [1.54, 1.807) is 20.8 Å². The normalized spacial score (nSPS) is 16.3. The number of carbonyl (C=O) groups excluding carboxylic acids is 2. The lowest BCUT2D eigenvalue weighted by Crippen LogP contribution is -2.44. The lowest BCUT2D eigenvalue weighted by atomic mass is 9.95. The highest BCUT2D eigenvalue weighted by Crippen LogP contribution is 2.29. The summed E-state index contributed by atoms with van der Waals surface area (Å²) in [5.74, 6) is -2.63. The first kappa shape index (κ1) is 28.5. The quantitative estimate of drug-likeness (QED) is 0.0768. The third kappa shape index (κ3) is 6.28. The second-order valence-electron chi connectivity index (χ2n) is 7.42. The molecule has 0 saturated heterocycles. The summed E-state index contributed by atoms with van der Waals surface area (Å²) in [6, 6.07) is 0. The van der Waals surface area contributed by atoms with Crippen molar-refractivity contribution in [3.63, 3.8) is 0 Å². The third-order valence-corrected chi connectivity index (χ3v) is 6.68. The highest BCUT2D eigenvalue weighted by Gasteiger charge is 2.35. The van der Waals surface area contributed by atoms with E-state index >= 15 is 0 Å². The molecule has 192 valence electrons. The Morgan fingerprint density at radius 2 is 1.74 bits per heavy atom. The molecule has 0 saturated carbocycles. The second-order valence-corrected chi connectivity index (χ2v) is 9.53. The standard InChI is InChI=1S/C21H26N2O10S2/c1-5-22-18(24)14(12(3)16(20(22)26)10-34-33-32-28)8-7-9-15-13(4)17(11-35(29,30)31)21(27)23(6-2)19(15)25/h7-9,26,28H,5-6,10-11H2,1-4H3,(H,29,30,31). The number of hydrogen-bond acceptors (Lipinski definition) is 10. The predicted molar refractivity (Wildman–Crippen MR) is 127 cm³/mol. The Morgan fingerprint density at radius 1 is 1.09 bits per heavy atom. The van der Waals surface area contributed by atoms with Crippen molar-refractivity contribution < 1.29 is 42.3 Å². The number of allylic oxidation sites excluding steroid dienone is 2. The number of carbonyl (C=O) groups is 2. The van der Waals surface area contributed by atoms with Crippen molar-refractivity contribution in [1.82, 2.24) is 9.47 Å². The van der Waals surface area contributed by atoms with Gasteiger partial charge in [-0.2, -0.15) is 8.42 Å². The van der Waals surface area contributed by atoms with Crippen LogP contribution in [0, 0.1) is 6.92 Å². The summed E-state index contributed by atoms with van der Waals surface area (Å²) in [4.78, 5) is 39.1. The maximum absolute atomic E-state index is 12.9. The maximum atomic E-state index is 12.9.